The molecule has 0 saturated heterocycles. The average molecular weight is 283 g/mol. The fraction of sp³-hybridized carbons (Fsp3) is 0.500. The van der Waals surface area contributed by atoms with Gasteiger partial charge in [-0.25, -0.2) is 0 Å². The van der Waals surface area contributed by atoms with Gasteiger partial charge in [-0.2, -0.15) is 0 Å². The molecule has 1 rings (SSSR count). The predicted octanol–water partition coefficient (Wildman–Crippen LogP) is 2.60. The lowest BCUT2D eigenvalue weighted by molar-refractivity contribution is -0.120. The molecule has 0 bridgehead atoms. The lowest BCUT2D eigenvalue weighted by Gasteiger charge is -2.13. The number of thioether (sulfide) groups is 1. The number of rotatable bonds is 8. The van der Waals surface area contributed by atoms with E-state index < -0.39 is 0 Å². The van der Waals surface area contributed by atoms with Gasteiger partial charge in [0.25, 0.3) is 0 Å². The molecular formula is C14H21NO3S. The van der Waals surface area contributed by atoms with Crippen molar-refractivity contribution >= 4 is 17.7 Å². The van der Waals surface area contributed by atoms with Crippen molar-refractivity contribution in [3.8, 4) is 0 Å². The van der Waals surface area contributed by atoms with Crippen molar-refractivity contribution < 1.29 is 14.3 Å². The van der Waals surface area contributed by atoms with E-state index in [2.05, 4.69) is 5.32 Å². The number of ether oxygens (including phenoxy) is 2. The number of hydrogen-bond acceptors (Lipinski definition) is 4. The number of methoxy groups -OCH3 is 2. The molecule has 1 amide bonds. The summed E-state index contributed by atoms with van der Waals surface area (Å²) in [5, 5.41) is 2.62. The van der Waals surface area contributed by atoms with Gasteiger partial charge in [-0.15, -0.1) is 11.8 Å². The SMILES string of the molecule is CNC(=O)CCCSc1ccc(C(OC)OC)cc1. The molecule has 106 valence electrons. The van der Waals surface area contributed by atoms with Crippen LogP contribution in [0.25, 0.3) is 0 Å². The Morgan fingerprint density at radius 2 is 1.89 bits per heavy atom. The van der Waals surface area contributed by atoms with E-state index in [9.17, 15) is 4.79 Å². The molecule has 1 aromatic carbocycles. The van der Waals surface area contributed by atoms with Crippen molar-refractivity contribution in [1.29, 1.82) is 0 Å². The van der Waals surface area contributed by atoms with Crippen molar-refractivity contribution in [3.63, 3.8) is 0 Å². The summed E-state index contributed by atoms with van der Waals surface area (Å²) in [6.45, 7) is 0. The summed E-state index contributed by atoms with van der Waals surface area (Å²) in [7, 11) is 4.90. The van der Waals surface area contributed by atoms with Crippen LogP contribution in [0.5, 0.6) is 0 Å². The van der Waals surface area contributed by atoms with Crippen LogP contribution in [0.3, 0.4) is 0 Å². The molecule has 1 aromatic rings. The summed E-state index contributed by atoms with van der Waals surface area (Å²) in [6.07, 6.45) is 1.15. The standard InChI is InChI=1S/C14H21NO3S/c1-15-13(16)5-4-10-19-12-8-6-11(7-9-12)14(17-2)18-3/h6-9,14H,4-5,10H2,1-3H3,(H,15,16). The van der Waals surface area contributed by atoms with E-state index in [0.717, 1.165) is 17.7 Å². The van der Waals surface area contributed by atoms with Crippen molar-refractivity contribution in [3.05, 3.63) is 29.8 Å². The Labute approximate surface area is 118 Å². The summed E-state index contributed by atoms with van der Waals surface area (Å²) in [4.78, 5) is 12.2. The molecule has 4 nitrogen and oxygen atoms in total. The highest BCUT2D eigenvalue weighted by atomic mass is 32.2. The van der Waals surface area contributed by atoms with E-state index in [1.165, 1.54) is 4.90 Å². The van der Waals surface area contributed by atoms with Crippen LogP contribution < -0.4 is 5.32 Å². The molecule has 1 N–H and O–H groups in total. The lowest BCUT2D eigenvalue weighted by atomic mass is 10.2. The number of benzene rings is 1. The zero-order chi connectivity index (χ0) is 14.1. The molecule has 0 radical (unpaired) electrons. The molecule has 0 spiro atoms. The molecule has 0 aromatic heterocycles. The Morgan fingerprint density at radius 1 is 1.26 bits per heavy atom. The number of carbonyl (C=O) groups excluding carboxylic acids is 1. The van der Waals surface area contributed by atoms with Crippen LogP contribution in [0.2, 0.25) is 0 Å². The fourth-order valence-corrected chi connectivity index (χ4v) is 2.49. The second kappa shape index (κ2) is 8.96. The number of hydrogen-bond donors (Lipinski definition) is 1. The highest BCUT2D eigenvalue weighted by molar-refractivity contribution is 7.99. The average Bonchev–Trinajstić information content (AvgIpc) is 2.46. The first kappa shape index (κ1) is 16.0. The summed E-state index contributed by atoms with van der Waals surface area (Å²) < 4.78 is 10.4. The minimum absolute atomic E-state index is 0.0963. The van der Waals surface area contributed by atoms with Gasteiger partial charge < -0.3 is 14.8 Å². The minimum Gasteiger partial charge on any atom is -0.359 e. The van der Waals surface area contributed by atoms with E-state index in [-0.39, 0.29) is 12.2 Å². The van der Waals surface area contributed by atoms with E-state index in [1.807, 2.05) is 24.3 Å². The third kappa shape index (κ3) is 5.63. The molecule has 0 saturated carbocycles. The van der Waals surface area contributed by atoms with E-state index in [4.69, 9.17) is 9.47 Å². The van der Waals surface area contributed by atoms with Crippen molar-refractivity contribution in [2.24, 2.45) is 0 Å². The third-order valence-electron chi connectivity index (χ3n) is 2.68. The number of amides is 1. The largest absolute Gasteiger partial charge is 0.359 e. The first-order chi connectivity index (χ1) is 9.21. The summed E-state index contributed by atoms with van der Waals surface area (Å²) in [5.74, 6) is 1.03. The van der Waals surface area contributed by atoms with Gasteiger partial charge in [0.1, 0.15) is 0 Å². The highest BCUT2D eigenvalue weighted by Crippen LogP contribution is 2.23. The Bertz CT molecular complexity index is 377. The van der Waals surface area contributed by atoms with Gasteiger partial charge in [-0.3, -0.25) is 4.79 Å². The van der Waals surface area contributed by atoms with Crippen LogP contribution in [0.15, 0.2) is 29.2 Å². The monoisotopic (exact) mass is 283 g/mol. The Kier molecular flexibility index (Phi) is 7.55. The molecule has 0 aliphatic rings. The molecule has 0 atom stereocenters. The lowest BCUT2D eigenvalue weighted by Crippen LogP contribution is -2.17. The first-order valence-corrected chi connectivity index (χ1v) is 7.18. The van der Waals surface area contributed by atoms with Gasteiger partial charge in [-0.1, -0.05) is 12.1 Å². The first-order valence-electron chi connectivity index (χ1n) is 6.20. The Morgan fingerprint density at radius 3 is 2.42 bits per heavy atom. The third-order valence-corrected chi connectivity index (χ3v) is 3.77. The van der Waals surface area contributed by atoms with Gasteiger partial charge in [0.15, 0.2) is 6.29 Å². The van der Waals surface area contributed by atoms with Crippen LogP contribution in [0, 0.1) is 0 Å². The normalized spacial score (nSPS) is 10.7. The summed E-state index contributed by atoms with van der Waals surface area (Å²) in [5.41, 5.74) is 1.000. The second-order valence-corrected chi connectivity index (χ2v) is 5.17. The molecular weight excluding hydrogens is 262 g/mol. The molecule has 5 heteroatoms. The quantitative estimate of drug-likeness (QED) is 0.452. The zero-order valence-electron chi connectivity index (χ0n) is 11.6. The fourth-order valence-electron chi connectivity index (χ4n) is 1.64. The van der Waals surface area contributed by atoms with Crippen LogP contribution in [0.4, 0.5) is 0 Å². The van der Waals surface area contributed by atoms with E-state index in [1.54, 1.807) is 33.0 Å². The Balaban J connectivity index is 2.38. The molecule has 0 aliphatic carbocycles. The van der Waals surface area contributed by atoms with Crippen LogP contribution in [-0.2, 0) is 14.3 Å². The topological polar surface area (TPSA) is 47.6 Å². The molecule has 19 heavy (non-hydrogen) atoms. The molecule has 0 fully saturated rings. The maximum Gasteiger partial charge on any atom is 0.219 e. The number of carbonyl (C=O) groups is 1. The zero-order valence-corrected chi connectivity index (χ0v) is 12.5. The highest BCUT2D eigenvalue weighted by Gasteiger charge is 2.08. The molecule has 0 unspecified atom stereocenters. The number of nitrogens with one attached hydrogen (secondary N) is 1. The van der Waals surface area contributed by atoms with Crippen LogP contribution in [-0.4, -0.2) is 32.9 Å². The predicted molar refractivity (Wildman–Crippen MR) is 77.2 cm³/mol. The van der Waals surface area contributed by atoms with Gasteiger partial charge in [0, 0.05) is 38.1 Å². The summed E-state index contributed by atoms with van der Waals surface area (Å²) in [6, 6.07) is 8.09. The maximum atomic E-state index is 11.1. The second-order valence-electron chi connectivity index (χ2n) is 4.00. The van der Waals surface area contributed by atoms with Gasteiger partial charge in [0.05, 0.1) is 0 Å². The van der Waals surface area contributed by atoms with Crippen molar-refractivity contribution in [2.75, 3.05) is 27.0 Å². The smallest absolute Gasteiger partial charge is 0.219 e. The molecule has 0 heterocycles. The van der Waals surface area contributed by atoms with Gasteiger partial charge in [-0.05, 0) is 24.3 Å². The maximum absolute atomic E-state index is 11.1. The van der Waals surface area contributed by atoms with E-state index in [0.29, 0.717) is 6.42 Å². The van der Waals surface area contributed by atoms with Crippen LogP contribution >= 0.6 is 11.8 Å². The van der Waals surface area contributed by atoms with Crippen LogP contribution in [0.1, 0.15) is 24.7 Å². The van der Waals surface area contributed by atoms with Crippen molar-refractivity contribution in [2.45, 2.75) is 24.0 Å². The molecule has 0 aliphatic heterocycles. The Hall–Kier alpha value is -1.04. The van der Waals surface area contributed by atoms with Crippen molar-refractivity contribution in [1.82, 2.24) is 5.32 Å². The summed E-state index contributed by atoms with van der Waals surface area (Å²) >= 11 is 1.75. The van der Waals surface area contributed by atoms with Gasteiger partial charge >= 0.3 is 0 Å². The van der Waals surface area contributed by atoms with Gasteiger partial charge in [0.2, 0.25) is 5.91 Å². The van der Waals surface area contributed by atoms with E-state index >= 15 is 0 Å². The minimum atomic E-state index is -0.313.